The quantitative estimate of drug-likeness (QED) is 0.807. The van der Waals surface area contributed by atoms with Gasteiger partial charge < -0.3 is 10.4 Å². The number of para-hydroxylation sites is 1. The van der Waals surface area contributed by atoms with Crippen LogP contribution in [-0.4, -0.2) is 31.2 Å². The first-order chi connectivity index (χ1) is 10.8. The molecule has 0 unspecified atom stereocenters. The minimum absolute atomic E-state index is 0.0161. The lowest BCUT2D eigenvalue weighted by Crippen LogP contribution is -2.24. The summed E-state index contributed by atoms with van der Waals surface area (Å²) in [7, 11) is -3.81. The fourth-order valence-electron chi connectivity index (χ4n) is 1.86. The molecule has 0 saturated carbocycles. The van der Waals surface area contributed by atoms with Gasteiger partial charge >= 0.3 is 5.97 Å². The Labute approximate surface area is 141 Å². The van der Waals surface area contributed by atoms with Crippen LogP contribution in [0, 0.1) is 0 Å². The van der Waals surface area contributed by atoms with Gasteiger partial charge in [0.2, 0.25) is 5.91 Å². The van der Waals surface area contributed by atoms with Gasteiger partial charge in [0.15, 0.2) is 9.84 Å². The molecule has 0 aromatic heterocycles. The van der Waals surface area contributed by atoms with E-state index in [0.29, 0.717) is 0 Å². The highest BCUT2D eigenvalue weighted by molar-refractivity contribution is 9.10. The summed E-state index contributed by atoms with van der Waals surface area (Å²) in [6.45, 7) is 0. The fraction of sp³-hybridized carbons (Fsp3) is 0.0667. The molecule has 0 atom stereocenters. The first kappa shape index (κ1) is 17.2. The SMILES string of the molecule is O=C(CS(=O)(=O)c1ccc(Br)cc1)Nc1ccccc1C(=O)O. The van der Waals surface area contributed by atoms with Crippen LogP contribution in [0.3, 0.4) is 0 Å². The number of halogens is 1. The highest BCUT2D eigenvalue weighted by Gasteiger charge is 2.20. The number of carboxylic acid groups (broad SMARTS) is 1. The third-order valence-electron chi connectivity index (χ3n) is 2.93. The Bertz CT molecular complexity index is 846. The molecule has 120 valence electrons. The second-order valence-corrected chi connectivity index (χ2v) is 7.52. The summed E-state index contributed by atoms with van der Waals surface area (Å²) >= 11 is 3.20. The van der Waals surface area contributed by atoms with E-state index < -0.39 is 27.5 Å². The monoisotopic (exact) mass is 397 g/mol. The summed E-state index contributed by atoms with van der Waals surface area (Å²) in [4.78, 5) is 23.0. The van der Waals surface area contributed by atoms with Crippen LogP contribution in [0.15, 0.2) is 57.9 Å². The molecule has 1 amide bonds. The highest BCUT2D eigenvalue weighted by Crippen LogP contribution is 2.18. The van der Waals surface area contributed by atoms with Gasteiger partial charge in [-0.05, 0) is 36.4 Å². The van der Waals surface area contributed by atoms with Crippen LogP contribution >= 0.6 is 15.9 Å². The van der Waals surface area contributed by atoms with E-state index in [1.165, 1.54) is 30.3 Å². The van der Waals surface area contributed by atoms with E-state index in [-0.39, 0.29) is 16.1 Å². The molecule has 0 aliphatic carbocycles. The van der Waals surface area contributed by atoms with E-state index in [1.54, 1.807) is 18.2 Å². The summed E-state index contributed by atoms with van der Waals surface area (Å²) in [6.07, 6.45) is 0. The van der Waals surface area contributed by atoms with Gasteiger partial charge in [0.25, 0.3) is 0 Å². The molecule has 0 heterocycles. The number of carboxylic acids is 1. The number of aromatic carboxylic acids is 1. The summed E-state index contributed by atoms with van der Waals surface area (Å²) in [5.74, 6) is -2.79. The summed E-state index contributed by atoms with van der Waals surface area (Å²) < 4.78 is 25.1. The molecule has 8 heteroatoms. The van der Waals surface area contributed by atoms with Crippen molar-refractivity contribution in [3.05, 3.63) is 58.6 Å². The molecular formula is C15H12BrNO5S. The standard InChI is InChI=1S/C15H12BrNO5S/c16-10-5-7-11(8-6-10)23(21,22)9-14(18)17-13-4-2-1-3-12(13)15(19)20/h1-8H,9H2,(H,17,18)(H,19,20). The van der Waals surface area contributed by atoms with Crippen molar-refractivity contribution in [3.8, 4) is 0 Å². The third kappa shape index (κ3) is 4.40. The zero-order valence-electron chi connectivity index (χ0n) is 11.7. The van der Waals surface area contributed by atoms with Gasteiger partial charge in [-0.1, -0.05) is 28.1 Å². The van der Waals surface area contributed by atoms with Gasteiger partial charge in [0.05, 0.1) is 16.1 Å². The maximum Gasteiger partial charge on any atom is 0.337 e. The Morgan fingerprint density at radius 1 is 1.04 bits per heavy atom. The van der Waals surface area contributed by atoms with Crippen molar-refractivity contribution >= 4 is 43.3 Å². The number of hydrogen-bond donors (Lipinski definition) is 2. The van der Waals surface area contributed by atoms with Gasteiger partial charge in [0.1, 0.15) is 5.75 Å². The molecule has 23 heavy (non-hydrogen) atoms. The molecule has 0 radical (unpaired) electrons. The van der Waals surface area contributed by atoms with Crippen molar-refractivity contribution in [1.29, 1.82) is 0 Å². The number of amides is 1. The van der Waals surface area contributed by atoms with Crippen molar-refractivity contribution in [2.45, 2.75) is 4.90 Å². The maximum atomic E-state index is 12.2. The molecule has 2 N–H and O–H groups in total. The highest BCUT2D eigenvalue weighted by atomic mass is 79.9. The molecule has 2 aromatic carbocycles. The van der Waals surface area contributed by atoms with Crippen LogP contribution in [0.1, 0.15) is 10.4 Å². The molecule has 0 fully saturated rings. The Hall–Kier alpha value is -2.19. The van der Waals surface area contributed by atoms with Crippen molar-refractivity contribution in [2.24, 2.45) is 0 Å². The Morgan fingerprint density at radius 2 is 1.65 bits per heavy atom. The number of carbonyl (C=O) groups excluding carboxylic acids is 1. The van der Waals surface area contributed by atoms with Crippen molar-refractivity contribution in [3.63, 3.8) is 0 Å². The number of rotatable bonds is 5. The molecular weight excluding hydrogens is 386 g/mol. The van der Waals surface area contributed by atoms with Crippen molar-refractivity contribution in [1.82, 2.24) is 0 Å². The van der Waals surface area contributed by atoms with Crippen LogP contribution in [0.2, 0.25) is 0 Å². The lowest BCUT2D eigenvalue weighted by atomic mass is 10.2. The maximum absolute atomic E-state index is 12.2. The summed E-state index contributed by atoms with van der Waals surface area (Å²) in [6, 6.07) is 11.7. The molecule has 2 rings (SSSR count). The average Bonchev–Trinajstić information content (AvgIpc) is 2.47. The molecule has 0 aliphatic heterocycles. The zero-order chi connectivity index (χ0) is 17.0. The topological polar surface area (TPSA) is 101 Å². The third-order valence-corrected chi connectivity index (χ3v) is 5.09. The van der Waals surface area contributed by atoms with Crippen LogP contribution in [0.5, 0.6) is 0 Å². The number of benzene rings is 2. The van der Waals surface area contributed by atoms with Crippen molar-refractivity contribution in [2.75, 3.05) is 11.1 Å². The molecule has 6 nitrogen and oxygen atoms in total. The average molecular weight is 398 g/mol. The first-order valence-corrected chi connectivity index (χ1v) is 8.84. The first-order valence-electron chi connectivity index (χ1n) is 6.40. The van der Waals surface area contributed by atoms with E-state index in [1.807, 2.05) is 0 Å². The Kier molecular flexibility index (Phi) is 5.17. The number of hydrogen-bond acceptors (Lipinski definition) is 4. The predicted octanol–water partition coefficient (Wildman–Crippen LogP) is 2.56. The number of carbonyl (C=O) groups is 2. The molecule has 0 saturated heterocycles. The lowest BCUT2D eigenvalue weighted by molar-refractivity contribution is -0.113. The molecule has 2 aromatic rings. The van der Waals surface area contributed by atoms with Gasteiger partial charge in [-0.3, -0.25) is 4.79 Å². The van der Waals surface area contributed by atoms with E-state index in [9.17, 15) is 18.0 Å². The minimum Gasteiger partial charge on any atom is -0.478 e. The van der Waals surface area contributed by atoms with Gasteiger partial charge in [-0.25, -0.2) is 13.2 Å². The van der Waals surface area contributed by atoms with Crippen LogP contribution < -0.4 is 5.32 Å². The van der Waals surface area contributed by atoms with E-state index >= 15 is 0 Å². The number of anilines is 1. The largest absolute Gasteiger partial charge is 0.478 e. The molecule has 0 bridgehead atoms. The van der Waals surface area contributed by atoms with Crippen LogP contribution in [0.4, 0.5) is 5.69 Å². The number of sulfone groups is 1. The number of nitrogens with one attached hydrogen (secondary N) is 1. The van der Waals surface area contributed by atoms with Gasteiger partial charge in [-0.15, -0.1) is 0 Å². The van der Waals surface area contributed by atoms with E-state index in [0.717, 1.165) is 4.47 Å². The Balaban J connectivity index is 2.16. The van der Waals surface area contributed by atoms with Gasteiger partial charge in [-0.2, -0.15) is 0 Å². The summed E-state index contributed by atoms with van der Waals surface area (Å²) in [5, 5.41) is 11.4. The van der Waals surface area contributed by atoms with E-state index in [2.05, 4.69) is 21.2 Å². The van der Waals surface area contributed by atoms with Crippen molar-refractivity contribution < 1.29 is 23.1 Å². The van der Waals surface area contributed by atoms with Gasteiger partial charge in [0, 0.05) is 4.47 Å². The molecule has 0 aliphatic rings. The Morgan fingerprint density at radius 3 is 2.26 bits per heavy atom. The lowest BCUT2D eigenvalue weighted by Gasteiger charge is -2.09. The van der Waals surface area contributed by atoms with E-state index in [4.69, 9.17) is 5.11 Å². The zero-order valence-corrected chi connectivity index (χ0v) is 14.1. The fourth-order valence-corrected chi connectivity index (χ4v) is 3.26. The second-order valence-electron chi connectivity index (χ2n) is 4.61. The minimum atomic E-state index is -3.81. The normalized spacial score (nSPS) is 11.0. The summed E-state index contributed by atoms with van der Waals surface area (Å²) in [5.41, 5.74) is -0.0575. The smallest absolute Gasteiger partial charge is 0.337 e. The van der Waals surface area contributed by atoms with Crippen LogP contribution in [-0.2, 0) is 14.6 Å². The second kappa shape index (κ2) is 6.93. The molecule has 0 spiro atoms. The predicted molar refractivity (Wildman–Crippen MR) is 88.2 cm³/mol. The van der Waals surface area contributed by atoms with Crippen LogP contribution in [0.25, 0.3) is 0 Å².